The number of rotatable bonds is 5. The lowest BCUT2D eigenvalue weighted by atomic mass is 9.82. The zero-order chi connectivity index (χ0) is 11.3. The van der Waals surface area contributed by atoms with Gasteiger partial charge in [-0.15, -0.1) is 0 Å². The van der Waals surface area contributed by atoms with Gasteiger partial charge in [-0.1, -0.05) is 6.92 Å². The van der Waals surface area contributed by atoms with Gasteiger partial charge in [-0.2, -0.15) is 0 Å². The van der Waals surface area contributed by atoms with E-state index >= 15 is 0 Å². The molecule has 1 aliphatic heterocycles. The molecule has 2 atom stereocenters. The first-order valence-electron chi connectivity index (χ1n) is 5.64. The molecule has 1 N–H and O–H groups in total. The van der Waals surface area contributed by atoms with Crippen LogP contribution >= 0.6 is 0 Å². The van der Waals surface area contributed by atoms with Crippen LogP contribution < -0.4 is 5.32 Å². The molecule has 1 aliphatic rings. The molecule has 1 fully saturated rings. The van der Waals surface area contributed by atoms with Crippen LogP contribution in [0.25, 0.3) is 0 Å². The maximum Gasteiger partial charge on any atom is 0.0471 e. The first-order valence-corrected chi connectivity index (χ1v) is 7.26. The van der Waals surface area contributed by atoms with Crippen molar-refractivity contribution in [1.82, 2.24) is 5.32 Å². The van der Waals surface area contributed by atoms with E-state index < -0.39 is 10.8 Å². The summed E-state index contributed by atoms with van der Waals surface area (Å²) in [5.74, 6) is 0. The molecule has 0 aliphatic carbocycles. The molecule has 4 heteroatoms. The van der Waals surface area contributed by atoms with Gasteiger partial charge in [0.25, 0.3) is 0 Å². The predicted molar refractivity (Wildman–Crippen MR) is 64.6 cm³/mol. The van der Waals surface area contributed by atoms with Crippen molar-refractivity contribution in [1.29, 1.82) is 0 Å². The number of nitrogens with one attached hydrogen (secondary N) is 1. The first kappa shape index (κ1) is 13.1. The molecule has 0 aromatic rings. The lowest BCUT2D eigenvalue weighted by Gasteiger charge is -2.34. The van der Waals surface area contributed by atoms with Crippen LogP contribution in [0.5, 0.6) is 0 Å². The molecule has 0 spiro atoms. The quantitative estimate of drug-likeness (QED) is 0.774. The van der Waals surface area contributed by atoms with Gasteiger partial charge in [0, 0.05) is 48.6 Å². The molecule has 15 heavy (non-hydrogen) atoms. The van der Waals surface area contributed by atoms with Crippen molar-refractivity contribution in [3.8, 4) is 0 Å². The van der Waals surface area contributed by atoms with E-state index in [0.29, 0.717) is 5.41 Å². The van der Waals surface area contributed by atoms with Gasteiger partial charge in [0.15, 0.2) is 0 Å². The van der Waals surface area contributed by atoms with Crippen molar-refractivity contribution >= 4 is 10.8 Å². The molecule has 2 unspecified atom stereocenters. The van der Waals surface area contributed by atoms with Crippen molar-refractivity contribution in [3.63, 3.8) is 0 Å². The van der Waals surface area contributed by atoms with E-state index in [9.17, 15) is 4.21 Å². The molecule has 1 heterocycles. The van der Waals surface area contributed by atoms with Crippen LogP contribution in [-0.4, -0.2) is 42.0 Å². The Morgan fingerprint density at radius 1 is 1.47 bits per heavy atom. The van der Waals surface area contributed by atoms with Crippen molar-refractivity contribution in [3.05, 3.63) is 0 Å². The summed E-state index contributed by atoms with van der Waals surface area (Å²) in [5, 5.41) is 3.67. The lowest BCUT2D eigenvalue weighted by molar-refractivity contribution is 0.0242. The third-order valence-corrected chi connectivity index (χ3v) is 4.55. The second-order valence-corrected chi connectivity index (χ2v) is 6.67. The molecule has 0 saturated carbocycles. The second-order valence-electron chi connectivity index (χ2n) is 4.86. The van der Waals surface area contributed by atoms with Gasteiger partial charge in [0.2, 0.25) is 0 Å². The fourth-order valence-corrected chi connectivity index (χ4v) is 2.09. The van der Waals surface area contributed by atoms with Crippen molar-refractivity contribution < 1.29 is 8.95 Å². The van der Waals surface area contributed by atoms with Crippen molar-refractivity contribution in [2.24, 2.45) is 5.41 Å². The van der Waals surface area contributed by atoms with Gasteiger partial charge in [-0.3, -0.25) is 4.21 Å². The SMILES string of the molecule is CC(CNCC1(C)CCOCC1)S(C)=O. The van der Waals surface area contributed by atoms with Gasteiger partial charge in [0.1, 0.15) is 0 Å². The Hall–Kier alpha value is 0.0700. The van der Waals surface area contributed by atoms with E-state index in [1.54, 1.807) is 6.26 Å². The predicted octanol–water partition coefficient (Wildman–Crippen LogP) is 1.16. The third-order valence-electron chi connectivity index (χ3n) is 3.25. The normalized spacial score (nSPS) is 24.7. The maximum absolute atomic E-state index is 11.2. The highest BCUT2D eigenvalue weighted by Gasteiger charge is 2.26. The second kappa shape index (κ2) is 5.97. The van der Waals surface area contributed by atoms with E-state index in [1.807, 2.05) is 6.92 Å². The Balaban J connectivity index is 2.21. The summed E-state index contributed by atoms with van der Waals surface area (Å²) in [5.41, 5.74) is 0.368. The highest BCUT2D eigenvalue weighted by atomic mass is 32.2. The molecule has 0 amide bonds. The molecule has 1 rings (SSSR count). The van der Waals surface area contributed by atoms with E-state index in [4.69, 9.17) is 4.74 Å². The Morgan fingerprint density at radius 3 is 2.60 bits per heavy atom. The fraction of sp³-hybridized carbons (Fsp3) is 1.00. The maximum atomic E-state index is 11.2. The third kappa shape index (κ3) is 4.62. The van der Waals surface area contributed by atoms with Crippen LogP contribution in [-0.2, 0) is 15.5 Å². The van der Waals surface area contributed by atoms with E-state index in [-0.39, 0.29) is 5.25 Å². The molecule has 3 nitrogen and oxygen atoms in total. The van der Waals surface area contributed by atoms with Gasteiger partial charge in [-0.25, -0.2) is 0 Å². The summed E-state index contributed by atoms with van der Waals surface area (Å²) in [4.78, 5) is 0. The minimum absolute atomic E-state index is 0.244. The number of hydrogen-bond donors (Lipinski definition) is 1. The topological polar surface area (TPSA) is 38.3 Å². The molecular weight excluding hydrogens is 210 g/mol. The Bertz CT molecular complexity index is 215. The molecule has 90 valence electrons. The minimum Gasteiger partial charge on any atom is -0.381 e. The zero-order valence-corrected chi connectivity index (χ0v) is 10.9. The summed E-state index contributed by atoms with van der Waals surface area (Å²) >= 11 is 0. The van der Waals surface area contributed by atoms with Crippen LogP contribution in [0.15, 0.2) is 0 Å². The summed E-state index contributed by atoms with van der Waals surface area (Å²) < 4.78 is 16.5. The molecule has 0 aromatic carbocycles. The Kier molecular flexibility index (Phi) is 5.23. The Morgan fingerprint density at radius 2 is 2.07 bits per heavy atom. The molecule has 0 radical (unpaired) electrons. The molecule has 0 bridgehead atoms. The smallest absolute Gasteiger partial charge is 0.0471 e. The van der Waals surface area contributed by atoms with Gasteiger partial charge in [0.05, 0.1) is 0 Å². The summed E-state index contributed by atoms with van der Waals surface area (Å²) in [6.45, 7) is 7.95. The van der Waals surface area contributed by atoms with Crippen molar-refractivity contribution in [2.75, 3.05) is 32.6 Å². The zero-order valence-electron chi connectivity index (χ0n) is 10.0. The van der Waals surface area contributed by atoms with Crippen LogP contribution in [0.4, 0.5) is 0 Å². The van der Waals surface area contributed by atoms with E-state index in [0.717, 1.165) is 39.1 Å². The van der Waals surface area contributed by atoms with Crippen LogP contribution in [0.2, 0.25) is 0 Å². The van der Waals surface area contributed by atoms with Gasteiger partial charge in [-0.05, 0) is 25.2 Å². The standard InChI is InChI=1S/C11H23NO2S/c1-10(15(3)13)8-12-9-11(2)4-6-14-7-5-11/h10,12H,4-9H2,1-3H3. The summed E-state index contributed by atoms with van der Waals surface area (Å²) in [6.07, 6.45) is 4.02. The number of ether oxygens (including phenoxy) is 1. The van der Waals surface area contributed by atoms with Gasteiger partial charge < -0.3 is 10.1 Å². The summed E-state index contributed by atoms with van der Waals surface area (Å²) in [6, 6.07) is 0. The monoisotopic (exact) mass is 233 g/mol. The first-order chi connectivity index (χ1) is 7.03. The Labute approximate surface area is 95.4 Å². The highest BCUT2D eigenvalue weighted by molar-refractivity contribution is 7.84. The lowest BCUT2D eigenvalue weighted by Crippen LogP contribution is -2.39. The van der Waals surface area contributed by atoms with Crippen LogP contribution in [0, 0.1) is 5.41 Å². The largest absolute Gasteiger partial charge is 0.381 e. The average molecular weight is 233 g/mol. The fourth-order valence-electron chi connectivity index (χ4n) is 1.74. The van der Waals surface area contributed by atoms with Crippen LogP contribution in [0.1, 0.15) is 26.7 Å². The molecular formula is C11H23NO2S. The van der Waals surface area contributed by atoms with E-state index in [1.165, 1.54) is 0 Å². The van der Waals surface area contributed by atoms with Crippen LogP contribution in [0.3, 0.4) is 0 Å². The molecule has 0 aromatic heterocycles. The average Bonchev–Trinajstić information content (AvgIpc) is 2.18. The summed E-state index contributed by atoms with van der Waals surface area (Å²) in [7, 11) is -0.717. The minimum atomic E-state index is -0.717. The van der Waals surface area contributed by atoms with Crippen molar-refractivity contribution in [2.45, 2.75) is 31.9 Å². The number of hydrogen-bond acceptors (Lipinski definition) is 3. The highest BCUT2D eigenvalue weighted by Crippen LogP contribution is 2.28. The van der Waals surface area contributed by atoms with Gasteiger partial charge >= 0.3 is 0 Å². The molecule has 1 saturated heterocycles. The van der Waals surface area contributed by atoms with E-state index in [2.05, 4.69) is 12.2 Å².